The van der Waals surface area contributed by atoms with Gasteiger partial charge in [-0.3, -0.25) is 0 Å². The van der Waals surface area contributed by atoms with Crippen LogP contribution in [-0.4, -0.2) is 18.0 Å². The van der Waals surface area contributed by atoms with E-state index in [0.717, 1.165) is 13.1 Å². The first-order chi connectivity index (χ1) is 11.9. The molecule has 1 nitrogen and oxygen atoms in total. The third-order valence-corrected chi connectivity index (χ3v) is 5.82. The van der Waals surface area contributed by atoms with Gasteiger partial charge >= 0.3 is 0 Å². The van der Waals surface area contributed by atoms with Gasteiger partial charge in [-0.1, -0.05) is 54.6 Å². The lowest BCUT2D eigenvalue weighted by Gasteiger charge is -2.33. The van der Waals surface area contributed by atoms with Gasteiger partial charge < -0.3 is 4.90 Å². The summed E-state index contributed by atoms with van der Waals surface area (Å²) in [5.41, 5.74) is 4.23. The number of benzene rings is 1. The molecule has 1 aliphatic carbocycles. The predicted octanol–water partition coefficient (Wildman–Crippen LogP) is 5.84. The summed E-state index contributed by atoms with van der Waals surface area (Å²) < 4.78 is 0. The van der Waals surface area contributed by atoms with Gasteiger partial charge in [0.1, 0.15) is 0 Å². The molecule has 0 spiro atoms. The first kappa shape index (κ1) is 15.5. The molecule has 1 aromatic heterocycles. The SMILES string of the molecule is C1=CCN(CC2C=C(c3cccs3)CCC2)C(c2ccccc2)=C1. The minimum absolute atomic E-state index is 0.648. The topological polar surface area (TPSA) is 3.24 Å². The van der Waals surface area contributed by atoms with Crippen LogP contribution in [0.25, 0.3) is 11.3 Å². The molecule has 1 unspecified atom stereocenters. The van der Waals surface area contributed by atoms with Crippen molar-refractivity contribution in [2.75, 3.05) is 13.1 Å². The first-order valence-electron chi connectivity index (χ1n) is 8.82. The molecular weight excluding hydrogens is 310 g/mol. The lowest BCUT2D eigenvalue weighted by Crippen LogP contribution is -2.30. The second kappa shape index (κ2) is 7.23. The molecule has 122 valence electrons. The van der Waals surface area contributed by atoms with E-state index in [1.165, 1.54) is 35.4 Å². The number of rotatable bonds is 4. The van der Waals surface area contributed by atoms with E-state index in [-0.39, 0.29) is 0 Å². The van der Waals surface area contributed by atoms with Gasteiger partial charge in [0.2, 0.25) is 0 Å². The largest absolute Gasteiger partial charge is 0.367 e. The standard InChI is InChI=1S/C22H23NS/c1-2-9-19(10-3-1)21-12-4-5-14-23(21)17-18-8-6-11-20(16-18)22-13-7-15-24-22/h1-5,7,9-10,12-13,15-16,18H,6,8,11,14,17H2. The highest BCUT2D eigenvalue weighted by Crippen LogP contribution is 2.34. The molecule has 2 heteroatoms. The van der Waals surface area contributed by atoms with Gasteiger partial charge in [-0.05, 0) is 53.8 Å². The Morgan fingerprint density at radius 1 is 1.08 bits per heavy atom. The van der Waals surface area contributed by atoms with Crippen LogP contribution in [0.3, 0.4) is 0 Å². The Morgan fingerprint density at radius 2 is 2.00 bits per heavy atom. The Kier molecular flexibility index (Phi) is 4.66. The van der Waals surface area contributed by atoms with E-state index in [9.17, 15) is 0 Å². The van der Waals surface area contributed by atoms with Crippen LogP contribution < -0.4 is 0 Å². The molecule has 1 aliphatic heterocycles. The van der Waals surface area contributed by atoms with E-state index in [1.54, 1.807) is 5.57 Å². The molecular formula is C22H23NS. The van der Waals surface area contributed by atoms with E-state index in [4.69, 9.17) is 0 Å². The Balaban J connectivity index is 1.53. The van der Waals surface area contributed by atoms with Crippen LogP contribution in [0.4, 0.5) is 0 Å². The number of allylic oxidation sites excluding steroid dienone is 3. The maximum absolute atomic E-state index is 2.54. The number of nitrogens with zero attached hydrogens (tertiary/aromatic N) is 1. The van der Waals surface area contributed by atoms with Crippen molar-refractivity contribution in [3.8, 4) is 0 Å². The molecule has 1 aromatic carbocycles. The molecule has 0 radical (unpaired) electrons. The molecule has 2 heterocycles. The van der Waals surface area contributed by atoms with E-state index in [2.05, 4.69) is 77.0 Å². The lowest BCUT2D eigenvalue weighted by molar-refractivity contribution is 0.361. The number of hydrogen-bond acceptors (Lipinski definition) is 2. The second-order valence-corrected chi connectivity index (χ2v) is 7.52. The van der Waals surface area contributed by atoms with Gasteiger partial charge in [0.05, 0.1) is 0 Å². The summed E-state index contributed by atoms with van der Waals surface area (Å²) in [6.45, 7) is 2.12. The molecule has 1 atom stereocenters. The monoisotopic (exact) mass is 333 g/mol. The van der Waals surface area contributed by atoms with Gasteiger partial charge in [0.25, 0.3) is 0 Å². The fraction of sp³-hybridized carbons (Fsp3) is 0.273. The zero-order valence-corrected chi connectivity index (χ0v) is 14.7. The molecule has 0 fully saturated rings. The highest BCUT2D eigenvalue weighted by atomic mass is 32.1. The maximum Gasteiger partial charge on any atom is 0.0442 e. The predicted molar refractivity (Wildman–Crippen MR) is 105 cm³/mol. The van der Waals surface area contributed by atoms with Crippen LogP contribution in [0.2, 0.25) is 0 Å². The summed E-state index contributed by atoms with van der Waals surface area (Å²) in [5, 5.41) is 2.19. The summed E-state index contributed by atoms with van der Waals surface area (Å²) in [4.78, 5) is 3.99. The normalized spacial score (nSPS) is 20.7. The van der Waals surface area contributed by atoms with Gasteiger partial charge in [0, 0.05) is 23.7 Å². The molecule has 0 saturated heterocycles. The third kappa shape index (κ3) is 3.39. The smallest absolute Gasteiger partial charge is 0.0442 e. The highest BCUT2D eigenvalue weighted by molar-refractivity contribution is 7.11. The van der Waals surface area contributed by atoms with Crippen LogP contribution in [0, 0.1) is 5.92 Å². The van der Waals surface area contributed by atoms with Crippen LogP contribution >= 0.6 is 11.3 Å². The van der Waals surface area contributed by atoms with Crippen molar-refractivity contribution >= 4 is 22.6 Å². The quantitative estimate of drug-likeness (QED) is 0.679. The third-order valence-electron chi connectivity index (χ3n) is 4.88. The highest BCUT2D eigenvalue weighted by Gasteiger charge is 2.20. The fourth-order valence-electron chi connectivity index (χ4n) is 3.71. The van der Waals surface area contributed by atoms with Gasteiger partial charge in [-0.25, -0.2) is 0 Å². The van der Waals surface area contributed by atoms with Crippen molar-refractivity contribution in [2.24, 2.45) is 5.92 Å². The summed E-state index contributed by atoms with van der Waals surface area (Å²) in [6.07, 6.45) is 13.1. The zero-order chi connectivity index (χ0) is 16.2. The zero-order valence-electron chi connectivity index (χ0n) is 13.9. The molecule has 24 heavy (non-hydrogen) atoms. The van der Waals surface area contributed by atoms with E-state index < -0.39 is 0 Å². The molecule has 4 rings (SSSR count). The molecule has 0 N–H and O–H groups in total. The van der Waals surface area contributed by atoms with Crippen molar-refractivity contribution in [3.05, 3.63) is 82.6 Å². The lowest BCUT2D eigenvalue weighted by atomic mass is 9.89. The average molecular weight is 333 g/mol. The Morgan fingerprint density at radius 3 is 2.83 bits per heavy atom. The van der Waals surface area contributed by atoms with Crippen LogP contribution in [-0.2, 0) is 0 Å². The van der Waals surface area contributed by atoms with Crippen molar-refractivity contribution in [2.45, 2.75) is 19.3 Å². The van der Waals surface area contributed by atoms with Crippen molar-refractivity contribution in [3.63, 3.8) is 0 Å². The fourth-order valence-corrected chi connectivity index (χ4v) is 4.49. The van der Waals surface area contributed by atoms with E-state index in [1.807, 2.05) is 11.3 Å². The first-order valence-corrected chi connectivity index (χ1v) is 9.70. The number of hydrogen-bond donors (Lipinski definition) is 0. The summed E-state index contributed by atoms with van der Waals surface area (Å²) in [6, 6.07) is 15.2. The van der Waals surface area contributed by atoms with Gasteiger partial charge in [0.15, 0.2) is 0 Å². The maximum atomic E-state index is 2.54. The number of thiophene rings is 1. The van der Waals surface area contributed by atoms with Gasteiger partial charge in [-0.2, -0.15) is 0 Å². The average Bonchev–Trinajstić information content (AvgIpc) is 3.18. The van der Waals surface area contributed by atoms with Crippen molar-refractivity contribution < 1.29 is 0 Å². The second-order valence-electron chi connectivity index (χ2n) is 6.57. The van der Waals surface area contributed by atoms with E-state index in [0.29, 0.717) is 5.92 Å². The molecule has 2 aromatic rings. The molecule has 0 bridgehead atoms. The minimum Gasteiger partial charge on any atom is -0.367 e. The Bertz CT molecular complexity index is 753. The van der Waals surface area contributed by atoms with Crippen molar-refractivity contribution in [1.29, 1.82) is 0 Å². The van der Waals surface area contributed by atoms with E-state index >= 15 is 0 Å². The summed E-state index contributed by atoms with van der Waals surface area (Å²) >= 11 is 1.87. The van der Waals surface area contributed by atoms with Crippen LogP contribution in [0.1, 0.15) is 29.7 Å². The van der Waals surface area contributed by atoms with Gasteiger partial charge in [-0.15, -0.1) is 11.3 Å². The molecule has 0 amide bonds. The summed E-state index contributed by atoms with van der Waals surface area (Å²) in [5.74, 6) is 0.648. The van der Waals surface area contributed by atoms with Crippen LogP contribution in [0.15, 0.2) is 72.1 Å². The van der Waals surface area contributed by atoms with Crippen LogP contribution in [0.5, 0.6) is 0 Å². The molecule has 0 saturated carbocycles. The Hall–Kier alpha value is -2.06. The summed E-state index contributed by atoms with van der Waals surface area (Å²) in [7, 11) is 0. The Labute approximate surface area is 148 Å². The minimum atomic E-state index is 0.648. The van der Waals surface area contributed by atoms with Crippen molar-refractivity contribution in [1.82, 2.24) is 4.90 Å². The molecule has 2 aliphatic rings.